The van der Waals surface area contributed by atoms with E-state index in [1.807, 2.05) is 6.92 Å². The van der Waals surface area contributed by atoms with Crippen molar-refractivity contribution in [3.8, 4) is 0 Å². The van der Waals surface area contributed by atoms with E-state index in [1.165, 1.54) is 0 Å². The number of carbonyl (C=O) groups excluding carboxylic acids is 1. The minimum atomic E-state index is -0.179. The van der Waals surface area contributed by atoms with Crippen LogP contribution in [-0.4, -0.2) is 54.7 Å². The minimum absolute atomic E-state index is 0.0363. The van der Waals surface area contributed by atoms with E-state index in [2.05, 4.69) is 10.2 Å². The van der Waals surface area contributed by atoms with Crippen LogP contribution in [0.5, 0.6) is 0 Å². The molecule has 0 saturated carbocycles. The Labute approximate surface area is 114 Å². The number of likely N-dealkylation sites (tertiary alicyclic amines) is 1. The van der Waals surface area contributed by atoms with Crippen molar-refractivity contribution in [3.05, 3.63) is 0 Å². The summed E-state index contributed by atoms with van der Waals surface area (Å²) in [7, 11) is 1.65. The lowest BCUT2D eigenvalue weighted by molar-refractivity contribution is -0.125. The molecule has 0 bridgehead atoms. The first-order valence-electron chi connectivity index (χ1n) is 6.39. The van der Waals surface area contributed by atoms with Gasteiger partial charge in [0.05, 0.1) is 17.1 Å². The number of rotatable bonds is 7. The van der Waals surface area contributed by atoms with E-state index in [0.717, 1.165) is 25.8 Å². The van der Waals surface area contributed by atoms with Crippen LogP contribution < -0.4 is 11.1 Å². The highest BCUT2D eigenvalue weighted by atomic mass is 32.1. The molecule has 0 aromatic heterocycles. The third-order valence-corrected chi connectivity index (χ3v) is 3.60. The first-order chi connectivity index (χ1) is 8.57. The molecule has 3 N–H and O–H groups in total. The smallest absolute Gasteiger partial charge is 0.237 e. The molecule has 0 aromatic carbocycles. The molecule has 1 fully saturated rings. The highest BCUT2D eigenvalue weighted by Gasteiger charge is 2.33. The van der Waals surface area contributed by atoms with E-state index < -0.39 is 0 Å². The second-order valence-electron chi connectivity index (χ2n) is 4.61. The molecular weight excluding hydrogens is 250 g/mol. The number of nitrogens with zero attached hydrogens (tertiary/aromatic N) is 1. The number of nitrogens with two attached hydrogens (primary N) is 1. The Kier molecular flexibility index (Phi) is 6.52. The molecule has 2 unspecified atom stereocenters. The van der Waals surface area contributed by atoms with Gasteiger partial charge in [-0.25, -0.2) is 0 Å². The highest BCUT2D eigenvalue weighted by molar-refractivity contribution is 7.80. The van der Waals surface area contributed by atoms with Crippen molar-refractivity contribution in [2.45, 2.75) is 38.3 Å². The summed E-state index contributed by atoms with van der Waals surface area (Å²) in [5.41, 5.74) is 5.71. The van der Waals surface area contributed by atoms with Crippen LogP contribution in [0.4, 0.5) is 0 Å². The number of methoxy groups -OCH3 is 1. The van der Waals surface area contributed by atoms with Crippen molar-refractivity contribution >= 4 is 23.1 Å². The Morgan fingerprint density at radius 2 is 2.39 bits per heavy atom. The lowest BCUT2D eigenvalue weighted by Gasteiger charge is -2.29. The zero-order chi connectivity index (χ0) is 13.5. The largest absolute Gasteiger partial charge is 0.392 e. The predicted molar refractivity (Wildman–Crippen MR) is 75.5 cm³/mol. The van der Waals surface area contributed by atoms with Gasteiger partial charge < -0.3 is 15.8 Å². The van der Waals surface area contributed by atoms with Gasteiger partial charge in [-0.3, -0.25) is 9.69 Å². The summed E-state index contributed by atoms with van der Waals surface area (Å²) in [4.78, 5) is 14.6. The van der Waals surface area contributed by atoms with Gasteiger partial charge in [0.15, 0.2) is 0 Å². The van der Waals surface area contributed by atoms with Gasteiger partial charge in [0.25, 0.3) is 0 Å². The SMILES string of the molecule is COCCCNC(=O)C(C)N1CCCC1C(N)=S. The molecule has 0 radical (unpaired) electrons. The Balaban J connectivity index is 2.40. The summed E-state index contributed by atoms with van der Waals surface area (Å²) in [5.74, 6) is 0.0363. The zero-order valence-corrected chi connectivity index (χ0v) is 12.0. The van der Waals surface area contributed by atoms with Gasteiger partial charge >= 0.3 is 0 Å². The van der Waals surface area contributed by atoms with Crippen LogP contribution in [-0.2, 0) is 9.53 Å². The van der Waals surface area contributed by atoms with E-state index in [1.54, 1.807) is 7.11 Å². The molecule has 104 valence electrons. The maximum atomic E-state index is 12.0. The van der Waals surface area contributed by atoms with Crippen LogP contribution in [0.3, 0.4) is 0 Å². The van der Waals surface area contributed by atoms with Crippen molar-refractivity contribution in [1.82, 2.24) is 10.2 Å². The van der Waals surface area contributed by atoms with Crippen molar-refractivity contribution in [2.24, 2.45) is 5.73 Å². The topological polar surface area (TPSA) is 67.6 Å². The third-order valence-electron chi connectivity index (χ3n) is 3.32. The maximum Gasteiger partial charge on any atom is 0.237 e. The van der Waals surface area contributed by atoms with Crippen LogP contribution in [0.1, 0.15) is 26.2 Å². The molecule has 18 heavy (non-hydrogen) atoms. The molecule has 5 nitrogen and oxygen atoms in total. The zero-order valence-electron chi connectivity index (χ0n) is 11.1. The monoisotopic (exact) mass is 273 g/mol. The molecule has 1 aliphatic rings. The minimum Gasteiger partial charge on any atom is -0.392 e. The number of nitrogens with one attached hydrogen (secondary N) is 1. The summed E-state index contributed by atoms with van der Waals surface area (Å²) in [6, 6.07) is -0.110. The standard InChI is InChI=1S/C12H23N3O2S/c1-9(12(16)14-6-4-8-17-2)15-7-3-5-10(15)11(13)18/h9-10H,3-8H2,1-2H3,(H2,13,18)(H,14,16). The van der Waals surface area contributed by atoms with E-state index >= 15 is 0 Å². The maximum absolute atomic E-state index is 12.0. The molecule has 2 atom stereocenters. The fourth-order valence-corrected chi connectivity index (χ4v) is 2.54. The van der Waals surface area contributed by atoms with E-state index in [4.69, 9.17) is 22.7 Å². The van der Waals surface area contributed by atoms with E-state index in [0.29, 0.717) is 18.1 Å². The first-order valence-corrected chi connectivity index (χ1v) is 6.80. The Bertz CT molecular complexity index is 299. The molecule has 1 amide bonds. The second-order valence-corrected chi connectivity index (χ2v) is 5.08. The van der Waals surface area contributed by atoms with Crippen LogP contribution in [0.25, 0.3) is 0 Å². The van der Waals surface area contributed by atoms with Crippen LogP contribution >= 0.6 is 12.2 Å². The molecule has 1 saturated heterocycles. The van der Waals surface area contributed by atoms with Gasteiger partial charge in [0, 0.05) is 20.3 Å². The quantitative estimate of drug-likeness (QED) is 0.515. The molecular formula is C12H23N3O2S. The van der Waals surface area contributed by atoms with Crippen LogP contribution in [0.15, 0.2) is 0 Å². The Hall–Kier alpha value is -0.720. The average molecular weight is 273 g/mol. The average Bonchev–Trinajstić information content (AvgIpc) is 2.82. The number of ether oxygens (including phenoxy) is 1. The fourth-order valence-electron chi connectivity index (χ4n) is 2.28. The van der Waals surface area contributed by atoms with Gasteiger partial charge in [-0.05, 0) is 32.7 Å². The van der Waals surface area contributed by atoms with E-state index in [9.17, 15) is 4.79 Å². The van der Waals surface area contributed by atoms with E-state index in [-0.39, 0.29) is 18.0 Å². The van der Waals surface area contributed by atoms with Crippen molar-refractivity contribution in [1.29, 1.82) is 0 Å². The molecule has 1 heterocycles. The molecule has 0 spiro atoms. The first kappa shape index (κ1) is 15.3. The normalized spacial score (nSPS) is 21.8. The summed E-state index contributed by atoms with van der Waals surface area (Å²) >= 11 is 5.05. The Morgan fingerprint density at radius 1 is 1.67 bits per heavy atom. The number of thiocarbonyl (C=S) groups is 1. The summed E-state index contributed by atoms with van der Waals surface area (Å²) < 4.78 is 4.94. The Morgan fingerprint density at radius 3 is 3.00 bits per heavy atom. The van der Waals surface area contributed by atoms with Gasteiger partial charge in [-0.2, -0.15) is 0 Å². The van der Waals surface area contributed by atoms with Crippen molar-refractivity contribution in [3.63, 3.8) is 0 Å². The van der Waals surface area contributed by atoms with Gasteiger partial charge in [0.2, 0.25) is 5.91 Å². The molecule has 1 aliphatic heterocycles. The van der Waals surface area contributed by atoms with Gasteiger partial charge in [0.1, 0.15) is 0 Å². The second kappa shape index (κ2) is 7.66. The van der Waals surface area contributed by atoms with Crippen LogP contribution in [0, 0.1) is 0 Å². The number of hydrogen-bond donors (Lipinski definition) is 2. The summed E-state index contributed by atoms with van der Waals surface area (Å²) in [6.07, 6.45) is 2.83. The molecule has 0 aliphatic carbocycles. The number of hydrogen-bond acceptors (Lipinski definition) is 4. The summed E-state index contributed by atoms with van der Waals surface area (Å²) in [6.45, 7) is 4.09. The third kappa shape index (κ3) is 4.19. The lowest BCUT2D eigenvalue weighted by atomic mass is 10.2. The molecule has 0 aromatic rings. The lowest BCUT2D eigenvalue weighted by Crippen LogP contribution is -2.50. The van der Waals surface area contributed by atoms with Crippen molar-refractivity contribution in [2.75, 3.05) is 26.8 Å². The number of carbonyl (C=O) groups is 1. The fraction of sp³-hybridized carbons (Fsp3) is 0.833. The number of amides is 1. The van der Waals surface area contributed by atoms with Gasteiger partial charge in [-0.15, -0.1) is 0 Å². The molecule has 1 rings (SSSR count). The van der Waals surface area contributed by atoms with Crippen molar-refractivity contribution < 1.29 is 9.53 Å². The molecule has 6 heteroatoms. The summed E-state index contributed by atoms with van der Waals surface area (Å²) in [5, 5.41) is 2.91. The van der Waals surface area contributed by atoms with Crippen LogP contribution in [0.2, 0.25) is 0 Å². The van der Waals surface area contributed by atoms with Gasteiger partial charge in [-0.1, -0.05) is 12.2 Å². The highest BCUT2D eigenvalue weighted by Crippen LogP contribution is 2.20. The predicted octanol–water partition coefficient (Wildman–Crippen LogP) is 0.278.